The van der Waals surface area contributed by atoms with Crippen LogP contribution < -0.4 is 5.32 Å². The van der Waals surface area contributed by atoms with Gasteiger partial charge in [-0.15, -0.1) is 0 Å². The molecule has 1 saturated carbocycles. The van der Waals surface area contributed by atoms with Crippen LogP contribution in [-0.2, 0) is 9.53 Å². The summed E-state index contributed by atoms with van der Waals surface area (Å²) in [6.45, 7) is 0.911. The average Bonchev–Trinajstić information content (AvgIpc) is 3.45. The molecule has 1 aromatic carbocycles. The predicted octanol–water partition coefficient (Wildman–Crippen LogP) is 2.36. The Labute approximate surface area is 157 Å². The Morgan fingerprint density at radius 2 is 1.93 bits per heavy atom. The molecule has 0 radical (unpaired) electrons. The number of benzene rings is 1. The molecule has 0 bridgehead atoms. The number of aliphatic carboxylic acids is 1. The minimum absolute atomic E-state index is 0.102. The van der Waals surface area contributed by atoms with E-state index in [0.717, 1.165) is 24.2 Å². The molecule has 2 heterocycles. The largest absolute Gasteiger partial charge is 0.481 e. The van der Waals surface area contributed by atoms with Crippen LogP contribution in [0, 0.1) is 5.41 Å². The van der Waals surface area contributed by atoms with Gasteiger partial charge in [0.05, 0.1) is 28.6 Å². The molecular formula is C20H23N3O4. The van der Waals surface area contributed by atoms with Gasteiger partial charge in [-0.3, -0.25) is 9.59 Å². The van der Waals surface area contributed by atoms with E-state index in [9.17, 15) is 14.7 Å². The Bertz CT molecular complexity index is 836. The third kappa shape index (κ3) is 3.47. The topological polar surface area (TPSA) is 93.5 Å². The van der Waals surface area contributed by atoms with E-state index in [4.69, 9.17) is 4.74 Å². The fourth-order valence-corrected chi connectivity index (χ4v) is 3.63. The number of para-hydroxylation sites is 1. The van der Waals surface area contributed by atoms with Crippen LogP contribution >= 0.6 is 0 Å². The van der Waals surface area contributed by atoms with Crippen LogP contribution in [0.4, 0.5) is 0 Å². The zero-order chi connectivity index (χ0) is 18.9. The lowest BCUT2D eigenvalue weighted by molar-refractivity contribution is -0.154. The quantitative estimate of drug-likeness (QED) is 0.815. The molecule has 1 aromatic heterocycles. The van der Waals surface area contributed by atoms with Crippen LogP contribution in [0.3, 0.4) is 0 Å². The van der Waals surface area contributed by atoms with Gasteiger partial charge in [-0.2, -0.15) is 5.10 Å². The van der Waals surface area contributed by atoms with Gasteiger partial charge in [-0.1, -0.05) is 18.2 Å². The maximum Gasteiger partial charge on any atom is 0.311 e. The molecule has 0 atom stereocenters. The maximum atomic E-state index is 12.9. The first-order valence-electron chi connectivity index (χ1n) is 9.33. The number of nitrogens with one attached hydrogen (secondary N) is 1. The molecule has 1 aliphatic heterocycles. The summed E-state index contributed by atoms with van der Waals surface area (Å²) in [5, 5.41) is 16.9. The lowest BCUT2D eigenvalue weighted by Gasteiger charge is -2.33. The van der Waals surface area contributed by atoms with E-state index >= 15 is 0 Å². The summed E-state index contributed by atoms with van der Waals surface area (Å²) in [6, 6.07) is 9.74. The zero-order valence-electron chi connectivity index (χ0n) is 15.1. The number of rotatable bonds is 6. The van der Waals surface area contributed by atoms with Crippen LogP contribution in [0.25, 0.3) is 5.69 Å². The van der Waals surface area contributed by atoms with Gasteiger partial charge in [0.1, 0.15) is 0 Å². The molecule has 0 spiro atoms. The van der Waals surface area contributed by atoms with Gasteiger partial charge in [-0.25, -0.2) is 4.68 Å². The highest BCUT2D eigenvalue weighted by Crippen LogP contribution is 2.42. The third-order valence-corrected chi connectivity index (χ3v) is 5.51. The number of carbonyl (C=O) groups is 2. The minimum atomic E-state index is -0.955. The van der Waals surface area contributed by atoms with E-state index in [1.54, 1.807) is 6.20 Å². The van der Waals surface area contributed by atoms with Crippen molar-refractivity contribution >= 4 is 11.9 Å². The van der Waals surface area contributed by atoms with Crippen LogP contribution in [0.15, 0.2) is 36.5 Å². The minimum Gasteiger partial charge on any atom is -0.481 e. The van der Waals surface area contributed by atoms with Crippen LogP contribution in [-0.4, -0.2) is 46.5 Å². The number of aromatic nitrogens is 2. The first kappa shape index (κ1) is 17.7. The lowest BCUT2D eigenvalue weighted by Crippen LogP contribution is -2.46. The Kier molecular flexibility index (Phi) is 4.70. The second-order valence-corrected chi connectivity index (χ2v) is 7.35. The number of amides is 1. The van der Waals surface area contributed by atoms with Crippen LogP contribution in [0.2, 0.25) is 0 Å². The third-order valence-electron chi connectivity index (χ3n) is 5.51. The first-order valence-corrected chi connectivity index (χ1v) is 9.33. The van der Waals surface area contributed by atoms with Crippen molar-refractivity contribution in [3.8, 4) is 5.69 Å². The number of hydrogen-bond acceptors (Lipinski definition) is 4. The number of hydrogen-bond donors (Lipinski definition) is 2. The summed E-state index contributed by atoms with van der Waals surface area (Å²) in [4.78, 5) is 24.6. The summed E-state index contributed by atoms with van der Waals surface area (Å²) >= 11 is 0. The average molecular weight is 369 g/mol. The van der Waals surface area contributed by atoms with Gasteiger partial charge in [0.25, 0.3) is 5.91 Å². The fourth-order valence-electron chi connectivity index (χ4n) is 3.63. The number of carboxylic acids is 1. The molecule has 2 aliphatic rings. The summed E-state index contributed by atoms with van der Waals surface area (Å²) in [6.07, 6.45) is 4.47. The van der Waals surface area contributed by atoms with Crippen molar-refractivity contribution in [2.45, 2.75) is 31.6 Å². The smallest absolute Gasteiger partial charge is 0.311 e. The SMILES string of the molecule is O=C(NCC1(C(=O)O)CCOCC1)c1cnn(-c2ccccc2)c1C1CC1. The van der Waals surface area contributed by atoms with Crippen molar-refractivity contribution in [1.29, 1.82) is 0 Å². The summed E-state index contributed by atoms with van der Waals surface area (Å²) in [7, 11) is 0. The van der Waals surface area contributed by atoms with E-state index in [1.807, 2.05) is 35.0 Å². The fraction of sp³-hybridized carbons (Fsp3) is 0.450. The molecule has 27 heavy (non-hydrogen) atoms. The molecule has 142 valence electrons. The molecule has 4 rings (SSSR count). The summed E-state index contributed by atoms with van der Waals surface area (Å²) in [5.41, 5.74) is 1.41. The highest BCUT2D eigenvalue weighted by molar-refractivity contribution is 5.96. The van der Waals surface area contributed by atoms with E-state index in [-0.39, 0.29) is 12.5 Å². The van der Waals surface area contributed by atoms with Gasteiger partial charge >= 0.3 is 5.97 Å². The first-order chi connectivity index (χ1) is 13.1. The van der Waals surface area contributed by atoms with Crippen LogP contribution in [0.5, 0.6) is 0 Å². The van der Waals surface area contributed by atoms with Crippen molar-refractivity contribution in [2.75, 3.05) is 19.8 Å². The molecule has 1 aliphatic carbocycles. The van der Waals surface area contributed by atoms with Crippen LogP contribution in [0.1, 0.15) is 47.7 Å². The Morgan fingerprint density at radius 3 is 2.56 bits per heavy atom. The van der Waals surface area contributed by atoms with Gasteiger partial charge < -0.3 is 15.2 Å². The van der Waals surface area contributed by atoms with Gasteiger partial charge in [-0.05, 0) is 37.8 Å². The highest BCUT2D eigenvalue weighted by Gasteiger charge is 2.41. The Morgan fingerprint density at radius 1 is 1.22 bits per heavy atom. The van der Waals surface area contributed by atoms with E-state index in [1.165, 1.54) is 0 Å². The monoisotopic (exact) mass is 369 g/mol. The number of carbonyl (C=O) groups excluding carboxylic acids is 1. The molecule has 0 unspecified atom stereocenters. The number of carboxylic acid groups (broad SMARTS) is 1. The highest BCUT2D eigenvalue weighted by atomic mass is 16.5. The van der Waals surface area contributed by atoms with Crippen molar-refractivity contribution in [2.24, 2.45) is 5.41 Å². The lowest BCUT2D eigenvalue weighted by atomic mass is 9.80. The van der Waals surface area contributed by atoms with Gasteiger partial charge in [0.2, 0.25) is 0 Å². The Balaban J connectivity index is 1.56. The molecule has 7 heteroatoms. The molecule has 7 nitrogen and oxygen atoms in total. The number of ether oxygens (including phenoxy) is 1. The maximum absolute atomic E-state index is 12.9. The van der Waals surface area contributed by atoms with E-state index < -0.39 is 11.4 Å². The standard InChI is InChI=1S/C20H23N3O4/c24-18(21-13-20(19(25)26)8-10-27-11-9-20)16-12-22-23(17(16)14-6-7-14)15-4-2-1-3-5-15/h1-5,12,14H,6-11,13H2,(H,21,24)(H,25,26). The van der Waals surface area contributed by atoms with Crippen molar-refractivity contribution in [1.82, 2.24) is 15.1 Å². The van der Waals surface area contributed by atoms with E-state index in [2.05, 4.69) is 10.4 Å². The molecule has 1 amide bonds. The molecule has 2 N–H and O–H groups in total. The Hall–Kier alpha value is -2.67. The molecule has 2 fully saturated rings. The normalized spacial score (nSPS) is 18.8. The second kappa shape index (κ2) is 7.15. The molecular weight excluding hydrogens is 346 g/mol. The van der Waals surface area contributed by atoms with E-state index in [0.29, 0.717) is 37.5 Å². The number of nitrogens with zero attached hydrogens (tertiary/aromatic N) is 2. The summed E-state index contributed by atoms with van der Waals surface area (Å²) in [5.74, 6) is -0.815. The second-order valence-electron chi connectivity index (χ2n) is 7.35. The molecule has 2 aromatic rings. The van der Waals surface area contributed by atoms with Crippen molar-refractivity contribution in [3.63, 3.8) is 0 Å². The van der Waals surface area contributed by atoms with Gasteiger partial charge in [0, 0.05) is 25.7 Å². The predicted molar refractivity (Wildman–Crippen MR) is 98.0 cm³/mol. The van der Waals surface area contributed by atoms with Crippen molar-refractivity contribution < 1.29 is 19.4 Å². The van der Waals surface area contributed by atoms with Gasteiger partial charge in [0.15, 0.2) is 0 Å². The van der Waals surface area contributed by atoms with Crippen molar-refractivity contribution in [3.05, 3.63) is 47.8 Å². The molecule has 1 saturated heterocycles. The summed E-state index contributed by atoms with van der Waals surface area (Å²) < 4.78 is 7.12. The zero-order valence-corrected chi connectivity index (χ0v) is 15.1.